The lowest BCUT2D eigenvalue weighted by molar-refractivity contribution is -0.138. The molecule has 0 aliphatic carbocycles. The van der Waals surface area contributed by atoms with Gasteiger partial charge in [-0.2, -0.15) is 13.2 Å². The van der Waals surface area contributed by atoms with E-state index >= 15 is 0 Å². The van der Waals surface area contributed by atoms with Crippen LogP contribution in [0, 0.1) is 0 Å². The zero-order chi connectivity index (χ0) is 13.9. The van der Waals surface area contributed by atoms with Crippen LogP contribution in [-0.4, -0.2) is 23.5 Å². The van der Waals surface area contributed by atoms with E-state index in [9.17, 15) is 22.8 Å². The topological polar surface area (TPSA) is 66.4 Å². The van der Waals surface area contributed by atoms with Crippen LogP contribution in [0.4, 0.5) is 13.2 Å². The molecule has 1 aromatic rings. The summed E-state index contributed by atoms with van der Waals surface area (Å²) in [5.41, 5.74) is -1.74. The molecule has 0 aromatic heterocycles. The molecule has 1 aromatic carbocycles. The fraction of sp³-hybridized carbons (Fsp3) is 0.200. The molecule has 0 saturated carbocycles. The average molecular weight is 326 g/mol. The summed E-state index contributed by atoms with van der Waals surface area (Å²) < 4.78 is 38.2. The minimum atomic E-state index is -4.69. The maximum atomic E-state index is 12.7. The van der Waals surface area contributed by atoms with Gasteiger partial charge in [0.05, 0.1) is 11.1 Å². The SMILES string of the molecule is O=C(O)CNC(=O)c1ccc(Br)cc1C(F)(F)F. The summed E-state index contributed by atoms with van der Waals surface area (Å²) in [6.07, 6.45) is -4.69. The molecule has 0 fully saturated rings. The fourth-order valence-corrected chi connectivity index (χ4v) is 1.56. The van der Waals surface area contributed by atoms with Gasteiger partial charge in [0, 0.05) is 4.47 Å². The maximum absolute atomic E-state index is 12.7. The smallest absolute Gasteiger partial charge is 0.417 e. The van der Waals surface area contributed by atoms with Crippen molar-refractivity contribution in [2.45, 2.75) is 6.18 Å². The summed E-state index contributed by atoms with van der Waals surface area (Å²) in [6.45, 7) is -0.744. The predicted molar refractivity (Wildman–Crippen MR) is 59.1 cm³/mol. The third-order valence-electron chi connectivity index (χ3n) is 1.93. The van der Waals surface area contributed by atoms with Crippen molar-refractivity contribution < 1.29 is 27.9 Å². The van der Waals surface area contributed by atoms with Crippen LogP contribution in [0.25, 0.3) is 0 Å². The minimum absolute atomic E-state index is 0.171. The van der Waals surface area contributed by atoms with Crippen molar-refractivity contribution in [1.29, 1.82) is 0 Å². The number of carboxylic acids is 1. The highest BCUT2D eigenvalue weighted by Gasteiger charge is 2.35. The van der Waals surface area contributed by atoms with E-state index in [1.807, 2.05) is 5.32 Å². The fourth-order valence-electron chi connectivity index (χ4n) is 1.20. The zero-order valence-electron chi connectivity index (χ0n) is 8.71. The van der Waals surface area contributed by atoms with Gasteiger partial charge in [-0.15, -0.1) is 0 Å². The third kappa shape index (κ3) is 3.73. The average Bonchev–Trinajstić information content (AvgIpc) is 2.24. The second kappa shape index (κ2) is 5.38. The molecule has 0 saturated heterocycles. The van der Waals surface area contributed by atoms with Gasteiger partial charge in [-0.3, -0.25) is 9.59 Å². The van der Waals surface area contributed by atoms with E-state index in [1.54, 1.807) is 0 Å². The molecule has 98 valence electrons. The third-order valence-corrected chi connectivity index (χ3v) is 2.43. The molecule has 18 heavy (non-hydrogen) atoms. The van der Waals surface area contributed by atoms with Gasteiger partial charge >= 0.3 is 12.1 Å². The van der Waals surface area contributed by atoms with Gasteiger partial charge in [0.25, 0.3) is 5.91 Å². The molecule has 1 amide bonds. The number of carbonyl (C=O) groups is 2. The number of carboxylic acid groups (broad SMARTS) is 1. The first-order chi connectivity index (χ1) is 8.21. The number of rotatable bonds is 3. The van der Waals surface area contributed by atoms with Crippen LogP contribution in [0.5, 0.6) is 0 Å². The van der Waals surface area contributed by atoms with Gasteiger partial charge in [-0.05, 0) is 18.2 Å². The zero-order valence-corrected chi connectivity index (χ0v) is 10.3. The molecule has 0 atom stereocenters. The number of carbonyl (C=O) groups excluding carboxylic acids is 1. The second-order valence-electron chi connectivity index (χ2n) is 3.26. The monoisotopic (exact) mass is 325 g/mol. The van der Waals surface area contributed by atoms with E-state index in [0.717, 1.165) is 12.1 Å². The first kappa shape index (κ1) is 14.5. The molecular weight excluding hydrogens is 319 g/mol. The van der Waals surface area contributed by atoms with Crippen LogP contribution < -0.4 is 5.32 Å². The van der Waals surface area contributed by atoms with Crippen LogP contribution in [-0.2, 0) is 11.0 Å². The van der Waals surface area contributed by atoms with E-state index < -0.39 is 35.7 Å². The van der Waals surface area contributed by atoms with Crippen LogP contribution >= 0.6 is 15.9 Å². The summed E-state index contributed by atoms with van der Waals surface area (Å²) in [5.74, 6) is -2.42. The van der Waals surface area contributed by atoms with E-state index in [-0.39, 0.29) is 4.47 Å². The number of hydrogen-bond donors (Lipinski definition) is 2. The highest BCUT2D eigenvalue weighted by molar-refractivity contribution is 9.10. The number of amides is 1. The predicted octanol–water partition coefficient (Wildman–Crippen LogP) is 2.28. The van der Waals surface area contributed by atoms with Crippen molar-refractivity contribution in [3.8, 4) is 0 Å². The summed E-state index contributed by atoms with van der Waals surface area (Å²) in [6, 6.07) is 3.00. The lowest BCUT2D eigenvalue weighted by Gasteiger charge is -2.12. The molecule has 0 aliphatic rings. The number of alkyl halides is 3. The Bertz CT molecular complexity index is 488. The number of hydrogen-bond acceptors (Lipinski definition) is 2. The number of benzene rings is 1. The Labute approximate surface area is 108 Å². The largest absolute Gasteiger partial charge is 0.480 e. The number of halogens is 4. The summed E-state index contributed by atoms with van der Waals surface area (Å²) in [4.78, 5) is 21.7. The van der Waals surface area contributed by atoms with Gasteiger partial charge in [-0.1, -0.05) is 15.9 Å². The van der Waals surface area contributed by atoms with Crippen molar-refractivity contribution in [2.75, 3.05) is 6.54 Å². The van der Waals surface area contributed by atoms with Crippen molar-refractivity contribution in [1.82, 2.24) is 5.32 Å². The first-order valence-corrected chi connectivity index (χ1v) is 5.38. The van der Waals surface area contributed by atoms with Crippen molar-refractivity contribution in [2.24, 2.45) is 0 Å². The molecule has 0 unspecified atom stereocenters. The Balaban J connectivity index is 3.08. The Kier molecular flexibility index (Phi) is 4.33. The van der Waals surface area contributed by atoms with E-state index in [1.165, 1.54) is 6.07 Å². The molecule has 0 spiro atoms. The standard InChI is InChI=1S/C10H7BrF3NO3/c11-5-1-2-6(7(3-5)10(12,13)14)9(18)15-4-8(16)17/h1-3H,4H2,(H,15,18)(H,16,17). The van der Waals surface area contributed by atoms with Crippen LogP contribution in [0.15, 0.2) is 22.7 Å². The Morgan fingerprint density at radius 3 is 2.44 bits per heavy atom. The molecule has 4 nitrogen and oxygen atoms in total. The Morgan fingerprint density at radius 1 is 1.33 bits per heavy atom. The molecule has 8 heteroatoms. The molecule has 0 bridgehead atoms. The normalized spacial score (nSPS) is 11.1. The van der Waals surface area contributed by atoms with Gasteiger partial charge in [0.1, 0.15) is 6.54 Å². The summed E-state index contributed by atoms with van der Waals surface area (Å²) >= 11 is 2.87. The van der Waals surface area contributed by atoms with E-state index in [4.69, 9.17) is 5.11 Å². The summed E-state index contributed by atoms with van der Waals surface area (Å²) in [7, 11) is 0. The van der Waals surface area contributed by atoms with Crippen molar-refractivity contribution >= 4 is 27.8 Å². The molecule has 0 aliphatic heterocycles. The van der Waals surface area contributed by atoms with Crippen molar-refractivity contribution in [3.05, 3.63) is 33.8 Å². The van der Waals surface area contributed by atoms with E-state index in [0.29, 0.717) is 0 Å². The number of aliphatic carboxylic acids is 1. The van der Waals surface area contributed by atoms with E-state index in [2.05, 4.69) is 15.9 Å². The highest BCUT2D eigenvalue weighted by atomic mass is 79.9. The molecule has 2 N–H and O–H groups in total. The van der Waals surface area contributed by atoms with Gasteiger partial charge in [0.15, 0.2) is 0 Å². The maximum Gasteiger partial charge on any atom is 0.417 e. The lowest BCUT2D eigenvalue weighted by Crippen LogP contribution is -2.30. The van der Waals surface area contributed by atoms with Gasteiger partial charge in [0.2, 0.25) is 0 Å². The second-order valence-corrected chi connectivity index (χ2v) is 4.18. The molecule has 0 heterocycles. The quantitative estimate of drug-likeness (QED) is 0.896. The minimum Gasteiger partial charge on any atom is -0.480 e. The molecule has 1 rings (SSSR count). The van der Waals surface area contributed by atoms with Gasteiger partial charge in [-0.25, -0.2) is 0 Å². The number of nitrogens with one attached hydrogen (secondary N) is 1. The highest BCUT2D eigenvalue weighted by Crippen LogP contribution is 2.33. The van der Waals surface area contributed by atoms with Crippen LogP contribution in [0.1, 0.15) is 15.9 Å². The van der Waals surface area contributed by atoms with Crippen LogP contribution in [0.3, 0.4) is 0 Å². The van der Waals surface area contributed by atoms with Crippen molar-refractivity contribution in [3.63, 3.8) is 0 Å². The van der Waals surface area contributed by atoms with Crippen LogP contribution in [0.2, 0.25) is 0 Å². The Hall–Kier alpha value is -1.57. The molecule has 0 radical (unpaired) electrons. The lowest BCUT2D eigenvalue weighted by atomic mass is 10.1. The van der Waals surface area contributed by atoms with Gasteiger partial charge < -0.3 is 10.4 Å². The molecular formula is C10H7BrF3NO3. The first-order valence-electron chi connectivity index (χ1n) is 4.58. The Morgan fingerprint density at radius 2 is 1.94 bits per heavy atom. The summed E-state index contributed by atoms with van der Waals surface area (Å²) in [5, 5.41) is 10.2.